The van der Waals surface area contributed by atoms with Crippen LogP contribution in [0.4, 0.5) is 23.4 Å². The van der Waals surface area contributed by atoms with Crippen LogP contribution in [0.2, 0.25) is 0 Å². The van der Waals surface area contributed by atoms with Crippen LogP contribution >= 0.6 is 0 Å². The number of halogens is 4. The lowest BCUT2D eigenvalue weighted by atomic mass is 9.95. The molecule has 2 aromatic carbocycles. The molecule has 288 valence electrons. The van der Waals surface area contributed by atoms with Gasteiger partial charge >= 0.3 is 6.01 Å². The van der Waals surface area contributed by atoms with Crippen molar-refractivity contribution in [2.75, 3.05) is 71.0 Å². The van der Waals surface area contributed by atoms with Gasteiger partial charge in [0.1, 0.15) is 29.8 Å². The molecular weight excluding hydrogens is 716 g/mol. The number of carbonyl (C=O) groups excluding carboxylic acids is 1. The number of methoxy groups -OCH3 is 1. The van der Waals surface area contributed by atoms with Gasteiger partial charge in [-0.05, 0) is 37.3 Å². The van der Waals surface area contributed by atoms with E-state index >= 15 is 8.78 Å². The van der Waals surface area contributed by atoms with Gasteiger partial charge in [-0.3, -0.25) is 19.6 Å². The molecule has 0 spiro atoms. The summed E-state index contributed by atoms with van der Waals surface area (Å²) in [5.74, 6) is -2.99. The summed E-state index contributed by atoms with van der Waals surface area (Å²) in [6.07, 6.45) is 6.92. The molecule has 4 fully saturated rings. The molecule has 0 N–H and O–H groups in total. The molecule has 6 heterocycles. The van der Waals surface area contributed by atoms with Crippen molar-refractivity contribution in [2.45, 2.75) is 56.0 Å². The first-order valence-electron chi connectivity index (χ1n) is 18.8. The number of nitrogens with zero attached hydrogens (tertiary/aromatic N) is 8. The molecule has 1 amide bonds. The van der Waals surface area contributed by atoms with Gasteiger partial charge in [0, 0.05) is 82.6 Å². The smallest absolute Gasteiger partial charge is 0.319 e. The van der Waals surface area contributed by atoms with E-state index < -0.39 is 35.2 Å². The fourth-order valence-electron chi connectivity index (χ4n) is 8.84. The minimum atomic E-state index is -1.12. The van der Waals surface area contributed by atoms with Gasteiger partial charge in [0.25, 0.3) is 0 Å². The van der Waals surface area contributed by atoms with Crippen molar-refractivity contribution in [1.82, 2.24) is 29.7 Å². The lowest BCUT2D eigenvalue weighted by Gasteiger charge is -2.41. The van der Waals surface area contributed by atoms with Crippen LogP contribution in [0.25, 0.3) is 32.9 Å². The van der Waals surface area contributed by atoms with Crippen molar-refractivity contribution in [3.05, 3.63) is 66.1 Å². The minimum Gasteiger partial charge on any atom is -0.461 e. The fraction of sp³-hybridized carbons (Fsp3) is 0.475. The monoisotopic (exact) mass is 758 g/mol. The average Bonchev–Trinajstić information content (AvgIpc) is 3.89. The van der Waals surface area contributed by atoms with Gasteiger partial charge in [-0.15, -0.1) is 0 Å². The maximum Gasteiger partial charge on any atom is 0.319 e. The maximum atomic E-state index is 16.9. The first-order chi connectivity index (χ1) is 26.7. The highest BCUT2D eigenvalue weighted by Gasteiger charge is 2.49. The summed E-state index contributed by atoms with van der Waals surface area (Å²) in [4.78, 5) is 35.0. The van der Waals surface area contributed by atoms with E-state index in [1.54, 1.807) is 30.2 Å². The molecule has 4 aromatic rings. The number of hydrogen-bond acceptors (Lipinski definition) is 10. The van der Waals surface area contributed by atoms with E-state index in [1.807, 2.05) is 11.0 Å². The Labute approximate surface area is 316 Å². The third-order valence-corrected chi connectivity index (χ3v) is 11.6. The van der Waals surface area contributed by atoms with E-state index in [-0.39, 0.29) is 77.5 Å². The van der Waals surface area contributed by atoms with E-state index in [1.165, 1.54) is 18.3 Å². The molecule has 11 nitrogen and oxygen atoms in total. The molecule has 8 rings (SSSR count). The Morgan fingerprint density at radius 1 is 1.07 bits per heavy atom. The van der Waals surface area contributed by atoms with Crippen molar-refractivity contribution in [3.63, 3.8) is 0 Å². The van der Waals surface area contributed by atoms with Crippen LogP contribution in [0.5, 0.6) is 6.01 Å². The number of nitriles is 1. The summed E-state index contributed by atoms with van der Waals surface area (Å²) in [6, 6.07) is 8.69. The lowest BCUT2D eigenvalue weighted by Crippen LogP contribution is -2.55. The van der Waals surface area contributed by atoms with Gasteiger partial charge in [0.2, 0.25) is 5.91 Å². The van der Waals surface area contributed by atoms with Crippen LogP contribution in [0, 0.1) is 28.8 Å². The average molecular weight is 759 g/mol. The summed E-state index contributed by atoms with van der Waals surface area (Å²) >= 11 is 0. The number of rotatable bonds is 10. The van der Waals surface area contributed by atoms with Crippen LogP contribution < -0.4 is 9.64 Å². The van der Waals surface area contributed by atoms with Gasteiger partial charge in [-0.2, -0.15) is 15.2 Å². The molecule has 0 unspecified atom stereocenters. The van der Waals surface area contributed by atoms with E-state index in [9.17, 15) is 18.8 Å². The Morgan fingerprint density at radius 3 is 2.76 bits per heavy atom. The Hall–Kier alpha value is -4.91. The number of alkyl halides is 1. The lowest BCUT2D eigenvalue weighted by molar-refractivity contribution is -0.128. The van der Waals surface area contributed by atoms with Gasteiger partial charge in [0.15, 0.2) is 17.5 Å². The van der Waals surface area contributed by atoms with Crippen molar-refractivity contribution in [3.8, 4) is 23.3 Å². The molecule has 0 aliphatic carbocycles. The van der Waals surface area contributed by atoms with E-state index in [4.69, 9.17) is 14.5 Å². The topological polar surface area (TPSA) is 111 Å². The van der Waals surface area contributed by atoms with Gasteiger partial charge in [-0.25, -0.2) is 17.6 Å². The quantitative estimate of drug-likeness (QED) is 0.154. The summed E-state index contributed by atoms with van der Waals surface area (Å²) in [7, 11) is 1.70. The Morgan fingerprint density at radius 2 is 1.95 bits per heavy atom. The highest BCUT2D eigenvalue weighted by atomic mass is 19.2. The Balaban J connectivity index is 1.13. The van der Waals surface area contributed by atoms with Gasteiger partial charge in [-0.1, -0.05) is 30.3 Å². The van der Waals surface area contributed by atoms with E-state index in [2.05, 4.69) is 25.8 Å². The largest absolute Gasteiger partial charge is 0.461 e. The van der Waals surface area contributed by atoms with Crippen LogP contribution in [-0.4, -0.2) is 125 Å². The summed E-state index contributed by atoms with van der Waals surface area (Å²) in [5.41, 5.74) is -0.854. The predicted octanol–water partition coefficient (Wildman–Crippen LogP) is 5.43. The first kappa shape index (κ1) is 37.0. The van der Waals surface area contributed by atoms with Crippen molar-refractivity contribution >= 4 is 33.4 Å². The molecule has 55 heavy (non-hydrogen) atoms. The number of benzene rings is 2. The van der Waals surface area contributed by atoms with E-state index in [0.717, 1.165) is 45.0 Å². The van der Waals surface area contributed by atoms with Gasteiger partial charge < -0.3 is 19.3 Å². The Bertz CT molecular complexity index is 2180. The third kappa shape index (κ3) is 7.07. The molecule has 15 heteroatoms. The van der Waals surface area contributed by atoms with Crippen LogP contribution in [0.1, 0.15) is 32.1 Å². The number of aromatic nitrogens is 3. The highest BCUT2D eigenvalue weighted by molar-refractivity contribution is 5.99. The zero-order valence-corrected chi connectivity index (χ0v) is 30.6. The fourth-order valence-corrected chi connectivity index (χ4v) is 8.84. The second kappa shape index (κ2) is 15.3. The Kier molecular flexibility index (Phi) is 10.3. The SMILES string of the molecule is CO[C@@H]1CCN(C/C=C/C(=O)N2CCN(c3nc(OC[C@@]45CCCN4C[C@H](F)C5)nc4c(F)c(-c5cccc6ccc(F)c(F)c56)ncc34)C[C@@H]2CC#N)C1. The van der Waals surface area contributed by atoms with Crippen molar-refractivity contribution in [1.29, 1.82) is 5.26 Å². The molecule has 4 saturated heterocycles. The molecule has 4 aliphatic rings. The third-order valence-electron chi connectivity index (χ3n) is 11.6. The summed E-state index contributed by atoms with van der Waals surface area (Å²) in [6.45, 7) is 4.23. The van der Waals surface area contributed by atoms with Crippen LogP contribution in [-0.2, 0) is 9.53 Å². The van der Waals surface area contributed by atoms with Crippen LogP contribution in [0.3, 0.4) is 0 Å². The van der Waals surface area contributed by atoms with Crippen molar-refractivity contribution in [2.24, 2.45) is 0 Å². The molecule has 4 aliphatic heterocycles. The van der Waals surface area contributed by atoms with Crippen LogP contribution in [0.15, 0.2) is 48.7 Å². The normalized spacial score (nSPS) is 24.7. The maximum absolute atomic E-state index is 16.9. The number of ether oxygens (including phenoxy) is 2. The molecule has 2 aromatic heterocycles. The number of fused-ring (bicyclic) bond motifs is 3. The molecular formula is C40H42F4N8O3. The summed E-state index contributed by atoms with van der Waals surface area (Å²) < 4.78 is 72.8. The number of likely N-dealkylation sites (tertiary alicyclic amines) is 1. The molecule has 4 atom stereocenters. The minimum absolute atomic E-state index is 0.0484. The van der Waals surface area contributed by atoms with E-state index in [0.29, 0.717) is 31.4 Å². The number of anilines is 1. The zero-order valence-electron chi connectivity index (χ0n) is 30.6. The second-order valence-electron chi connectivity index (χ2n) is 14.9. The number of piperazine rings is 1. The first-order valence-corrected chi connectivity index (χ1v) is 18.8. The summed E-state index contributed by atoms with van der Waals surface area (Å²) in [5, 5.41) is 10.3. The molecule has 0 saturated carbocycles. The standard InChI is InChI=1S/C40H42F4N8O3/c1-54-28-11-16-49(23-28)14-3-7-32(53)52-18-17-50(22-27(52)10-13-45)38-30-20-46-36(29-6-2-5-25-8-9-31(42)34(43)33(25)29)35(44)37(30)47-39(48-38)55-24-40-12-4-15-51(40)21-26(41)19-40/h2-3,5-9,20,26-28H,4,10-12,14-19,21-24H2,1H3/b7-3+/t26-,27+,28-,40+/m1/s1. The number of carbonyl (C=O) groups is 1. The highest BCUT2D eigenvalue weighted by Crippen LogP contribution is 2.41. The van der Waals surface area contributed by atoms with Crippen molar-refractivity contribution < 1.29 is 31.8 Å². The second-order valence-corrected chi connectivity index (χ2v) is 14.9. The number of hydrogen-bond donors (Lipinski definition) is 0. The number of pyridine rings is 1. The zero-order chi connectivity index (χ0) is 38.3. The number of amides is 1. The van der Waals surface area contributed by atoms with Gasteiger partial charge in [0.05, 0.1) is 35.6 Å². The predicted molar refractivity (Wildman–Crippen MR) is 198 cm³/mol. The molecule has 0 radical (unpaired) electrons. The molecule has 0 bridgehead atoms.